The average Bonchev–Trinajstić information content (AvgIpc) is 3.29. The number of ether oxygens (including phenoxy) is 6. The van der Waals surface area contributed by atoms with E-state index in [0.717, 1.165) is 5.56 Å². The van der Waals surface area contributed by atoms with Gasteiger partial charge in [0.1, 0.15) is 19.8 Å². The Hall–Kier alpha value is -7.89. The summed E-state index contributed by atoms with van der Waals surface area (Å²) in [4.78, 5) is 73.4. The van der Waals surface area contributed by atoms with Gasteiger partial charge in [-0.3, -0.25) is 0 Å². The van der Waals surface area contributed by atoms with Crippen LogP contribution >= 0.6 is 0 Å². The number of nitrogens with zero attached hydrogens (tertiary/aromatic N) is 7. The summed E-state index contributed by atoms with van der Waals surface area (Å²) in [7, 11) is -3.44. The lowest BCUT2D eigenvalue weighted by Crippen LogP contribution is -2.42. The first-order chi connectivity index (χ1) is 31.5. The van der Waals surface area contributed by atoms with Crippen LogP contribution in [-0.2, 0) is 45.9 Å². The molecule has 0 aliphatic rings. The third-order valence-corrected chi connectivity index (χ3v) is 10.8. The van der Waals surface area contributed by atoms with Crippen LogP contribution in [0, 0.1) is 20.2 Å². The molecule has 1 atom stereocenters. The lowest BCUT2D eigenvalue weighted by atomic mass is 9.87. The summed E-state index contributed by atoms with van der Waals surface area (Å²) in [6.07, 6.45) is 0.00867. The van der Waals surface area contributed by atoms with E-state index < -0.39 is 75.8 Å². The van der Waals surface area contributed by atoms with Crippen molar-refractivity contribution in [3.63, 3.8) is 0 Å². The average molecular weight is 936 g/mol. The highest BCUT2D eigenvalue weighted by molar-refractivity contribution is 7.92. The fourth-order valence-electron chi connectivity index (χ4n) is 5.80. The summed E-state index contributed by atoms with van der Waals surface area (Å²) in [5.74, 6) is -2.39. The Kier molecular flexibility index (Phi) is 16.9. The second-order valence-electron chi connectivity index (χ2n) is 14.7. The molecule has 66 heavy (non-hydrogen) atoms. The quantitative estimate of drug-likeness (QED) is 0.0217. The van der Waals surface area contributed by atoms with Gasteiger partial charge in [-0.25, -0.2) is 37.3 Å². The van der Waals surface area contributed by atoms with E-state index in [1.54, 1.807) is 30.3 Å². The van der Waals surface area contributed by atoms with Gasteiger partial charge in [-0.1, -0.05) is 57.2 Å². The Labute approximate surface area is 377 Å². The first-order valence-electron chi connectivity index (χ1n) is 19.9. The minimum atomic E-state index is -4.82. The number of sulfonamides is 1. The van der Waals surface area contributed by atoms with Gasteiger partial charge in [0, 0.05) is 12.4 Å². The summed E-state index contributed by atoms with van der Waals surface area (Å²) in [5, 5.41) is 19.3. The van der Waals surface area contributed by atoms with Gasteiger partial charge in [0.15, 0.2) is 29.4 Å². The van der Waals surface area contributed by atoms with E-state index in [2.05, 4.69) is 29.6 Å². The zero-order valence-electron chi connectivity index (χ0n) is 36.3. The molecule has 0 fully saturated rings. The predicted octanol–water partition coefficient (Wildman–Crippen LogP) is 6.66. The van der Waals surface area contributed by atoms with Crippen LogP contribution in [0.25, 0.3) is 11.6 Å². The van der Waals surface area contributed by atoms with E-state index in [0.29, 0.717) is 9.87 Å². The molecule has 1 unspecified atom stereocenters. The number of benzene rings is 3. The number of methoxy groups -OCH3 is 1. The first kappa shape index (κ1) is 49.1. The SMILES string of the molecule is COc1ccccc1Oc1c(OCCOC(=O)c2cccc(CO[N+](=O)[O-])c2)nc(-c2ncccn2)nc1N(C(C)OC(=O)OCCCCO[N+](=O)[O-])S(=O)(=O)c1ccc(C(C)(C)C)cc1. The number of para-hydroxylation sites is 2. The van der Waals surface area contributed by atoms with E-state index >= 15 is 8.42 Å². The van der Waals surface area contributed by atoms with Gasteiger partial charge in [0.2, 0.25) is 11.6 Å². The fourth-order valence-corrected chi connectivity index (χ4v) is 7.29. The predicted molar refractivity (Wildman–Crippen MR) is 229 cm³/mol. The van der Waals surface area contributed by atoms with E-state index in [1.807, 2.05) is 20.8 Å². The topological polar surface area (TPSA) is 283 Å². The molecular weight excluding hydrogens is 891 g/mol. The Bertz CT molecular complexity index is 2580. The van der Waals surface area contributed by atoms with Crippen LogP contribution < -0.4 is 18.5 Å². The Morgan fingerprint density at radius 3 is 2.14 bits per heavy atom. The summed E-state index contributed by atoms with van der Waals surface area (Å²) in [5.41, 5.74) is 0.836. The minimum Gasteiger partial charge on any atom is -0.493 e. The molecule has 0 saturated carbocycles. The molecule has 5 rings (SSSR count). The molecule has 0 bridgehead atoms. The summed E-state index contributed by atoms with van der Waals surface area (Å²) < 4.78 is 65.0. The maximum atomic E-state index is 15.1. The zero-order valence-corrected chi connectivity index (χ0v) is 37.1. The van der Waals surface area contributed by atoms with Gasteiger partial charge in [0.25, 0.3) is 26.1 Å². The lowest BCUT2D eigenvalue weighted by molar-refractivity contribution is -0.763. The van der Waals surface area contributed by atoms with Crippen molar-refractivity contribution in [3.05, 3.63) is 128 Å². The number of rotatable bonds is 23. The van der Waals surface area contributed by atoms with E-state index in [9.17, 15) is 29.8 Å². The van der Waals surface area contributed by atoms with Crippen molar-refractivity contribution in [1.82, 2.24) is 19.9 Å². The molecule has 5 aromatic rings. The number of aromatic nitrogens is 4. The monoisotopic (exact) mass is 935 g/mol. The smallest absolute Gasteiger partial charge is 0.493 e. The fraction of sp³-hybridized carbons (Fsp3) is 0.333. The Balaban J connectivity index is 1.60. The molecule has 0 radical (unpaired) electrons. The molecule has 2 aromatic heterocycles. The normalized spacial score (nSPS) is 11.7. The molecular formula is C42H45N7O16S. The van der Waals surface area contributed by atoms with Crippen molar-refractivity contribution in [1.29, 1.82) is 0 Å². The molecule has 2 heterocycles. The number of anilines is 1. The van der Waals surface area contributed by atoms with Crippen LogP contribution in [0.15, 0.2) is 96.2 Å². The number of hydrogen-bond donors (Lipinski definition) is 0. The van der Waals surface area contributed by atoms with Gasteiger partial charge in [-0.15, -0.1) is 20.2 Å². The maximum Gasteiger partial charge on any atom is 0.510 e. The molecule has 0 spiro atoms. The van der Waals surface area contributed by atoms with Gasteiger partial charge in [-0.2, -0.15) is 4.98 Å². The van der Waals surface area contributed by atoms with Crippen LogP contribution in [-0.4, -0.2) is 90.4 Å². The van der Waals surface area contributed by atoms with Crippen LogP contribution in [0.2, 0.25) is 0 Å². The lowest BCUT2D eigenvalue weighted by Gasteiger charge is -2.30. The van der Waals surface area contributed by atoms with Crippen molar-refractivity contribution in [2.24, 2.45) is 0 Å². The van der Waals surface area contributed by atoms with Crippen molar-refractivity contribution in [3.8, 4) is 34.8 Å². The van der Waals surface area contributed by atoms with E-state index in [-0.39, 0.29) is 65.1 Å². The molecule has 350 valence electrons. The summed E-state index contributed by atoms with van der Waals surface area (Å²) in [6.45, 7) is 5.34. The second kappa shape index (κ2) is 22.6. The van der Waals surface area contributed by atoms with Crippen molar-refractivity contribution >= 4 is 28.0 Å². The molecule has 0 N–H and O–H groups in total. The molecule has 3 aromatic carbocycles. The highest BCUT2D eigenvalue weighted by Crippen LogP contribution is 2.44. The Morgan fingerprint density at radius 1 is 0.788 bits per heavy atom. The summed E-state index contributed by atoms with van der Waals surface area (Å²) >= 11 is 0. The summed E-state index contributed by atoms with van der Waals surface area (Å²) in [6, 6.07) is 19.7. The molecule has 24 heteroatoms. The number of unbranched alkanes of at least 4 members (excludes halogenated alkanes) is 1. The van der Waals surface area contributed by atoms with Crippen LogP contribution in [0.4, 0.5) is 10.6 Å². The largest absolute Gasteiger partial charge is 0.510 e. The van der Waals surface area contributed by atoms with Crippen molar-refractivity contribution in [2.75, 3.05) is 37.8 Å². The first-order valence-corrected chi connectivity index (χ1v) is 21.3. The van der Waals surface area contributed by atoms with Gasteiger partial charge in [-0.05, 0) is 78.8 Å². The van der Waals surface area contributed by atoms with Crippen LogP contribution in [0.1, 0.15) is 62.0 Å². The molecule has 0 aliphatic heterocycles. The van der Waals surface area contributed by atoms with Gasteiger partial charge >= 0.3 is 12.1 Å². The van der Waals surface area contributed by atoms with Gasteiger partial charge in [0.05, 0.1) is 30.8 Å². The zero-order chi connectivity index (χ0) is 47.9. The standard InChI is InChI=1S/C42H45N7O16S/c1-28(64-41(51)61-22-8-9-23-62-48(52)53)47(66(56,57)32-18-16-31(17-19-32)42(2,3)4)38-35(65-34-15-7-6-14-33(34)58-5)39(46-37(45-38)36-43-20-11-21-44-36)59-24-25-60-40(50)30-13-10-12-29(26-30)27-63-49(54)55/h6-7,10-21,26,28H,8-9,22-25,27H2,1-5H3. The highest BCUT2D eigenvalue weighted by Gasteiger charge is 2.39. The van der Waals surface area contributed by atoms with Crippen molar-refractivity contribution < 1.29 is 66.3 Å². The molecule has 0 amide bonds. The number of carbonyl (C=O) groups excluding carboxylic acids is 2. The van der Waals surface area contributed by atoms with E-state index in [4.69, 9.17) is 28.4 Å². The van der Waals surface area contributed by atoms with Gasteiger partial charge < -0.3 is 38.1 Å². The minimum absolute atomic E-state index is 0.0340. The number of hydrogen-bond acceptors (Lipinski definition) is 20. The molecule has 23 nitrogen and oxygen atoms in total. The highest BCUT2D eigenvalue weighted by atomic mass is 32.2. The molecule has 0 aliphatic carbocycles. The van der Waals surface area contributed by atoms with Crippen molar-refractivity contribution in [2.45, 2.75) is 63.7 Å². The number of esters is 1. The number of carbonyl (C=O) groups is 2. The Morgan fingerprint density at radius 2 is 1.47 bits per heavy atom. The third-order valence-electron chi connectivity index (χ3n) is 8.96. The third kappa shape index (κ3) is 13.6. The van der Waals surface area contributed by atoms with Crippen LogP contribution in [0.3, 0.4) is 0 Å². The van der Waals surface area contributed by atoms with Crippen LogP contribution in [0.5, 0.6) is 23.1 Å². The second-order valence-corrected chi connectivity index (χ2v) is 16.5. The van der Waals surface area contributed by atoms with E-state index in [1.165, 1.54) is 75.0 Å². The maximum absolute atomic E-state index is 15.1. The molecule has 0 saturated heterocycles.